The van der Waals surface area contributed by atoms with Crippen molar-refractivity contribution in [3.8, 4) is 5.75 Å². The molecule has 2 unspecified atom stereocenters. The minimum absolute atomic E-state index is 0.0437. The fourth-order valence-corrected chi connectivity index (χ4v) is 6.47. The van der Waals surface area contributed by atoms with Crippen molar-refractivity contribution in [2.45, 2.75) is 50.0 Å². The maximum Gasteiger partial charge on any atom is 0.243 e. The summed E-state index contributed by atoms with van der Waals surface area (Å²) in [5, 5.41) is 14.8. The Bertz CT molecular complexity index is 1390. The number of ether oxygens (including phenoxy) is 1. The number of hydrogen-bond acceptors (Lipinski definition) is 6. The van der Waals surface area contributed by atoms with E-state index in [-0.39, 0.29) is 30.5 Å². The SMILES string of the molecule is COc1ccc(S(=O)(=O)N(CC(C)C)C(CO)CCCCNC(=O)C(C(N)=O)c2ccc3ccccc3c2)cc1. The van der Waals surface area contributed by atoms with Gasteiger partial charge in [-0.25, -0.2) is 8.42 Å². The van der Waals surface area contributed by atoms with E-state index in [1.165, 1.54) is 23.5 Å². The van der Waals surface area contributed by atoms with E-state index in [1.807, 2.05) is 44.2 Å². The minimum Gasteiger partial charge on any atom is -0.497 e. The lowest BCUT2D eigenvalue weighted by Gasteiger charge is -2.31. The number of nitrogens with two attached hydrogens (primary N) is 1. The number of aliphatic hydroxyl groups is 1. The van der Waals surface area contributed by atoms with Crippen LogP contribution in [0.15, 0.2) is 71.6 Å². The number of unbranched alkanes of at least 4 members (excludes halogenated alkanes) is 1. The summed E-state index contributed by atoms with van der Waals surface area (Å²) in [5.41, 5.74) is 6.11. The maximum absolute atomic E-state index is 13.5. The van der Waals surface area contributed by atoms with Gasteiger partial charge in [0.15, 0.2) is 0 Å². The van der Waals surface area contributed by atoms with Crippen LogP contribution in [0.3, 0.4) is 0 Å². The lowest BCUT2D eigenvalue weighted by atomic mass is 9.95. The lowest BCUT2D eigenvalue weighted by Crippen LogP contribution is -2.44. The summed E-state index contributed by atoms with van der Waals surface area (Å²) in [6.45, 7) is 4.04. The second-order valence-corrected chi connectivity index (χ2v) is 12.1. The molecule has 0 aliphatic heterocycles. The smallest absolute Gasteiger partial charge is 0.243 e. The highest BCUT2D eigenvalue weighted by Gasteiger charge is 2.32. The number of amides is 2. The van der Waals surface area contributed by atoms with Gasteiger partial charge in [0.05, 0.1) is 18.6 Å². The Morgan fingerprint density at radius 2 is 1.68 bits per heavy atom. The van der Waals surface area contributed by atoms with Gasteiger partial charge in [0.1, 0.15) is 11.7 Å². The number of rotatable bonds is 15. The Balaban J connectivity index is 1.61. The molecule has 9 nitrogen and oxygen atoms in total. The summed E-state index contributed by atoms with van der Waals surface area (Å²) in [6, 6.07) is 18.6. The summed E-state index contributed by atoms with van der Waals surface area (Å²) < 4.78 is 33.4. The third-order valence-electron chi connectivity index (χ3n) is 6.75. The van der Waals surface area contributed by atoms with Gasteiger partial charge in [-0.3, -0.25) is 9.59 Å². The van der Waals surface area contributed by atoms with E-state index in [0.717, 1.165) is 10.8 Å². The number of nitrogens with zero attached hydrogens (tertiary/aromatic N) is 1. The number of fused-ring (bicyclic) bond motifs is 1. The number of methoxy groups -OCH3 is 1. The molecule has 3 rings (SSSR count). The van der Waals surface area contributed by atoms with Crippen LogP contribution in [0.4, 0.5) is 0 Å². The third kappa shape index (κ3) is 7.80. The van der Waals surface area contributed by atoms with Gasteiger partial charge in [-0.1, -0.05) is 56.7 Å². The van der Waals surface area contributed by atoms with Crippen LogP contribution in [0.2, 0.25) is 0 Å². The molecule has 216 valence electrons. The second kappa shape index (κ2) is 14.2. The van der Waals surface area contributed by atoms with E-state index in [1.54, 1.807) is 24.3 Å². The molecule has 40 heavy (non-hydrogen) atoms. The Labute approximate surface area is 236 Å². The predicted octanol–water partition coefficient (Wildman–Crippen LogP) is 3.41. The number of primary amides is 1. The Morgan fingerprint density at radius 3 is 2.27 bits per heavy atom. The van der Waals surface area contributed by atoms with Gasteiger partial charge in [0, 0.05) is 19.1 Å². The molecule has 4 N–H and O–H groups in total. The van der Waals surface area contributed by atoms with Crippen LogP contribution in [-0.2, 0) is 19.6 Å². The Hall–Kier alpha value is -3.47. The zero-order chi connectivity index (χ0) is 29.3. The molecule has 10 heteroatoms. The molecule has 3 aromatic carbocycles. The van der Waals surface area contributed by atoms with E-state index in [9.17, 15) is 23.1 Å². The van der Waals surface area contributed by atoms with E-state index >= 15 is 0 Å². The largest absolute Gasteiger partial charge is 0.497 e. The number of hydrogen-bond donors (Lipinski definition) is 3. The van der Waals surface area contributed by atoms with Crippen LogP contribution >= 0.6 is 0 Å². The molecule has 0 spiro atoms. The quantitative estimate of drug-likeness (QED) is 0.189. The maximum atomic E-state index is 13.5. The van der Waals surface area contributed by atoms with Crippen molar-refractivity contribution in [3.63, 3.8) is 0 Å². The van der Waals surface area contributed by atoms with Crippen LogP contribution < -0.4 is 15.8 Å². The summed E-state index contributed by atoms with van der Waals surface area (Å²) in [5.74, 6) is -1.74. The molecule has 3 aromatic rings. The lowest BCUT2D eigenvalue weighted by molar-refractivity contribution is -0.129. The van der Waals surface area contributed by atoms with Crippen molar-refractivity contribution in [2.24, 2.45) is 11.7 Å². The molecule has 2 atom stereocenters. The number of nitrogens with one attached hydrogen (secondary N) is 1. The molecule has 0 fully saturated rings. The summed E-state index contributed by atoms with van der Waals surface area (Å²) in [7, 11) is -2.35. The Morgan fingerprint density at radius 1 is 1.00 bits per heavy atom. The zero-order valence-corrected chi connectivity index (χ0v) is 24.1. The third-order valence-corrected chi connectivity index (χ3v) is 8.68. The normalized spacial score (nSPS) is 13.3. The first-order valence-corrected chi connectivity index (χ1v) is 14.8. The summed E-state index contributed by atoms with van der Waals surface area (Å²) in [6.07, 6.45) is 1.48. The number of carbonyl (C=O) groups is 2. The standard InChI is InChI=1S/C30H39N3O6S/c1-21(2)19-33(40(37,38)27-15-13-26(39-3)14-16-27)25(20-34)10-6-7-17-32-30(36)28(29(31)35)24-12-11-22-8-4-5-9-23(22)18-24/h4-5,8-9,11-16,18,21,25,28,34H,6-7,10,17,19-20H2,1-3H3,(H2,31,35)(H,32,36). The van der Waals surface area contributed by atoms with Crippen molar-refractivity contribution in [3.05, 3.63) is 72.3 Å². The van der Waals surface area contributed by atoms with Crippen molar-refractivity contribution >= 4 is 32.6 Å². The molecule has 0 heterocycles. The fraction of sp³-hybridized carbons (Fsp3) is 0.400. The predicted molar refractivity (Wildman–Crippen MR) is 155 cm³/mol. The topological polar surface area (TPSA) is 139 Å². The monoisotopic (exact) mass is 569 g/mol. The molecule has 0 saturated carbocycles. The van der Waals surface area contributed by atoms with Crippen LogP contribution in [0, 0.1) is 5.92 Å². The van der Waals surface area contributed by atoms with Gasteiger partial charge in [-0.2, -0.15) is 4.31 Å². The average Bonchev–Trinajstić information content (AvgIpc) is 2.93. The van der Waals surface area contributed by atoms with Crippen molar-refractivity contribution in [1.29, 1.82) is 0 Å². The number of benzene rings is 3. The molecule has 0 aliphatic rings. The molecule has 2 amide bonds. The highest BCUT2D eigenvalue weighted by Crippen LogP contribution is 2.25. The number of sulfonamides is 1. The number of carbonyl (C=O) groups excluding carboxylic acids is 2. The first-order chi connectivity index (χ1) is 19.1. The first-order valence-electron chi connectivity index (χ1n) is 13.4. The first kappa shape index (κ1) is 31.1. The Kier molecular flexibility index (Phi) is 11.1. The molecule has 0 aliphatic carbocycles. The highest BCUT2D eigenvalue weighted by atomic mass is 32.2. The molecular weight excluding hydrogens is 530 g/mol. The van der Waals surface area contributed by atoms with E-state index in [0.29, 0.717) is 30.6 Å². The van der Waals surface area contributed by atoms with Crippen molar-refractivity contribution in [2.75, 3.05) is 26.8 Å². The molecule has 0 aromatic heterocycles. The van der Waals surface area contributed by atoms with Gasteiger partial charge in [0.2, 0.25) is 21.8 Å². The van der Waals surface area contributed by atoms with Gasteiger partial charge in [-0.15, -0.1) is 0 Å². The van der Waals surface area contributed by atoms with Crippen molar-refractivity contribution < 1.29 is 27.9 Å². The van der Waals surface area contributed by atoms with Crippen molar-refractivity contribution in [1.82, 2.24) is 9.62 Å². The van der Waals surface area contributed by atoms with Gasteiger partial charge < -0.3 is 20.9 Å². The number of aliphatic hydroxyl groups excluding tert-OH is 1. The van der Waals surface area contributed by atoms with Crippen LogP contribution in [0.1, 0.15) is 44.6 Å². The fourth-order valence-electron chi connectivity index (χ4n) is 4.66. The van der Waals surface area contributed by atoms with Gasteiger partial charge in [0.25, 0.3) is 0 Å². The molecule has 0 radical (unpaired) electrons. The summed E-state index contributed by atoms with van der Waals surface area (Å²) in [4.78, 5) is 25.2. The van der Waals surface area contributed by atoms with Gasteiger partial charge in [-0.05, 0) is 65.4 Å². The molecular formula is C30H39N3O6S. The second-order valence-electron chi connectivity index (χ2n) is 10.2. The summed E-state index contributed by atoms with van der Waals surface area (Å²) >= 11 is 0. The molecule has 0 saturated heterocycles. The highest BCUT2D eigenvalue weighted by molar-refractivity contribution is 7.89. The molecule has 0 bridgehead atoms. The van der Waals surface area contributed by atoms with Crippen LogP contribution in [-0.4, -0.2) is 62.5 Å². The van der Waals surface area contributed by atoms with E-state index < -0.39 is 33.8 Å². The van der Waals surface area contributed by atoms with E-state index in [2.05, 4.69) is 5.32 Å². The van der Waals surface area contributed by atoms with Crippen LogP contribution in [0.5, 0.6) is 5.75 Å². The van der Waals surface area contributed by atoms with Crippen LogP contribution in [0.25, 0.3) is 10.8 Å². The van der Waals surface area contributed by atoms with E-state index in [4.69, 9.17) is 10.5 Å². The zero-order valence-electron chi connectivity index (χ0n) is 23.2. The van der Waals surface area contributed by atoms with Gasteiger partial charge >= 0.3 is 0 Å². The minimum atomic E-state index is -3.86. The average molecular weight is 570 g/mol.